The Kier molecular flexibility index (Phi) is 5.48. The number of nitrogens with one attached hydrogen (secondary N) is 2. The van der Waals surface area contributed by atoms with Crippen LogP contribution < -0.4 is 10.6 Å². The highest BCUT2D eigenvalue weighted by molar-refractivity contribution is 6.03. The Morgan fingerprint density at radius 3 is 2.42 bits per heavy atom. The largest absolute Gasteiger partial charge is 0.370 e. The molecule has 3 rings (SSSR count). The number of anilines is 2. The lowest BCUT2D eigenvalue weighted by atomic mass is 10.1. The van der Waals surface area contributed by atoms with Crippen LogP contribution in [-0.4, -0.2) is 22.4 Å². The molecule has 0 bridgehead atoms. The predicted molar refractivity (Wildman–Crippen MR) is 95.0 cm³/mol. The Hall–Kier alpha value is -3.35. The first-order valence-electron chi connectivity index (χ1n) is 7.98. The zero-order valence-electron chi connectivity index (χ0n) is 13.7. The van der Waals surface area contributed by atoms with Crippen molar-refractivity contribution in [3.05, 3.63) is 83.8 Å². The van der Waals surface area contributed by atoms with Crippen molar-refractivity contribution in [2.75, 3.05) is 17.2 Å². The summed E-state index contributed by atoms with van der Waals surface area (Å²) in [6, 6.07) is 14.7. The summed E-state index contributed by atoms with van der Waals surface area (Å²) in [5, 5.41) is 5.29. The van der Waals surface area contributed by atoms with E-state index in [0.29, 0.717) is 12.4 Å². The fourth-order valence-corrected chi connectivity index (χ4v) is 2.35. The van der Waals surface area contributed by atoms with E-state index in [-0.39, 0.29) is 5.69 Å². The predicted octanol–water partition coefficient (Wildman–Crippen LogP) is 3.66. The zero-order chi connectivity index (χ0) is 18.4. The van der Waals surface area contributed by atoms with Crippen molar-refractivity contribution in [2.45, 2.75) is 6.42 Å². The van der Waals surface area contributed by atoms with Crippen molar-refractivity contribution < 1.29 is 13.6 Å². The number of nitrogens with zero attached hydrogens (tertiary/aromatic N) is 2. The molecule has 3 aromatic rings. The highest BCUT2D eigenvalue weighted by Gasteiger charge is 2.15. The van der Waals surface area contributed by atoms with E-state index in [1.165, 1.54) is 24.0 Å². The van der Waals surface area contributed by atoms with Crippen molar-refractivity contribution in [1.29, 1.82) is 0 Å². The van der Waals surface area contributed by atoms with Crippen LogP contribution in [0.4, 0.5) is 20.3 Å². The SMILES string of the molecule is O=C(Nc1c(F)cccc1F)c1cc(NCCc2ccccc2)ncn1. The minimum absolute atomic E-state index is 0.00450. The standard InChI is InChI=1S/C19H16F2N4O/c20-14-7-4-8-15(21)18(14)25-19(26)16-11-17(24-12-23-16)22-10-9-13-5-2-1-3-6-13/h1-8,11-12H,9-10H2,(H,25,26)(H,22,23,24). The third-order valence-electron chi connectivity index (χ3n) is 3.66. The summed E-state index contributed by atoms with van der Waals surface area (Å²) in [7, 11) is 0. The number of benzene rings is 2. The molecule has 0 unspecified atom stereocenters. The molecule has 1 aromatic heterocycles. The van der Waals surface area contributed by atoms with Crippen LogP contribution in [0.5, 0.6) is 0 Å². The number of carbonyl (C=O) groups excluding carboxylic acids is 1. The summed E-state index contributed by atoms with van der Waals surface area (Å²) in [6.07, 6.45) is 2.00. The van der Waals surface area contributed by atoms with Gasteiger partial charge in [0.2, 0.25) is 0 Å². The van der Waals surface area contributed by atoms with Gasteiger partial charge in [-0.25, -0.2) is 18.7 Å². The molecule has 1 amide bonds. The lowest BCUT2D eigenvalue weighted by molar-refractivity contribution is 0.102. The van der Waals surface area contributed by atoms with Crippen LogP contribution in [0.15, 0.2) is 60.9 Å². The quantitative estimate of drug-likeness (QED) is 0.709. The van der Waals surface area contributed by atoms with Crippen LogP contribution in [-0.2, 0) is 6.42 Å². The minimum Gasteiger partial charge on any atom is -0.370 e. The van der Waals surface area contributed by atoms with Gasteiger partial charge in [-0.2, -0.15) is 0 Å². The van der Waals surface area contributed by atoms with Crippen molar-refractivity contribution in [3.8, 4) is 0 Å². The molecule has 0 aliphatic rings. The maximum atomic E-state index is 13.6. The van der Waals surface area contributed by atoms with Crippen LogP contribution in [0, 0.1) is 11.6 Å². The second kappa shape index (κ2) is 8.15. The van der Waals surface area contributed by atoms with Crippen LogP contribution >= 0.6 is 0 Å². The lowest BCUT2D eigenvalue weighted by Crippen LogP contribution is -2.17. The van der Waals surface area contributed by atoms with E-state index in [1.54, 1.807) is 0 Å². The number of hydrogen-bond donors (Lipinski definition) is 2. The van der Waals surface area contributed by atoms with Crippen molar-refractivity contribution >= 4 is 17.4 Å². The van der Waals surface area contributed by atoms with Gasteiger partial charge in [0, 0.05) is 12.6 Å². The first-order chi connectivity index (χ1) is 12.6. The molecule has 0 aliphatic heterocycles. The van der Waals surface area contributed by atoms with E-state index in [9.17, 15) is 13.6 Å². The third kappa shape index (κ3) is 4.38. The van der Waals surface area contributed by atoms with Crippen LogP contribution in [0.25, 0.3) is 0 Å². The van der Waals surface area contributed by atoms with Crippen molar-refractivity contribution in [1.82, 2.24) is 9.97 Å². The van der Waals surface area contributed by atoms with Gasteiger partial charge in [-0.3, -0.25) is 4.79 Å². The molecule has 0 aliphatic carbocycles. The molecular formula is C19H16F2N4O. The van der Waals surface area contributed by atoms with E-state index >= 15 is 0 Å². The van der Waals surface area contributed by atoms with Gasteiger partial charge in [0.15, 0.2) is 0 Å². The van der Waals surface area contributed by atoms with Gasteiger partial charge in [-0.15, -0.1) is 0 Å². The molecule has 0 saturated carbocycles. The second-order valence-corrected chi connectivity index (χ2v) is 5.50. The highest BCUT2D eigenvalue weighted by atomic mass is 19.1. The van der Waals surface area contributed by atoms with Crippen molar-refractivity contribution in [3.63, 3.8) is 0 Å². The molecule has 5 nitrogen and oxygen atoms in total. The maximum Gasteiger partial charge on any atom is 0.274 e. The number of aromatic nitrogens is 2. The summed E-state index contributed by atoms with van der Waals surface area (Å²) in [6.45, 7) is 0.615. The van der Waals surface area contributed by atoms with E-state index in [2.05, 4.69) is 20.6 Å². The van der Waals surface area contributed by atoms with Gasteiger partial charge in [-0.05, 0) is 24.1 Å². The number of carbonyl (C=O) groups is 1. The molecule has 1 heterocycles. The summed E-state index contributed by atoms with van der Waals surface area (Å²) in [5.41, 5.74) is 0.668. The highest BCUT2D eigenvalue weighted by Crippen LogP contribution is 2.19. The molecule has 0 saturated heterocycles. The zero-order valence-corrected chi connectivity index (χ0v) is 13.7. The van der Waals surface area contributed by atoms with Crippen LogP contribution in [0.3, 0.4) is 0 Å². The van der Waals surface area contributed by atoms with Crippen molar-refractivity contribution in [2.24, 2.45) is 0 Å². The van der Waals surface area contributed by atoms with Crippen LogP contribution in [0.2, 0.25) is 0 Å². The first kappa shape index (κ1) is 17.5. The van der Waals surface area contributed by atoms with E-state index in [1.807, 2.05) is 30.3 Å². The molecule has 0 spiro atoms. The smallest absolute Gasteiger partial charge is 0.274 e. The fraction of sp³-hybridized carbons (Fsp3) is 0.105. The third-order valence-corrected chi connectivity index (χ3v) is 3.66. The molecule has 132 valence electrons. The van der Waals surface area contributed by atoms with Gasteiger partial charge < -0.3 is 10.6 Å². The summed E-state index contributed by atoms with van der Waals surface area (Å²) >= 11 is 0. The summed E-state index contributed by atoms with van der Waals surface area (Å²) in [4.78, 5) is 20.1. The Morgan fingerprint density at radius 1 is 0.962 bits per heavy atom. The number of rotatable bonds is 6. The Morgan fingerprint density at radius 2 is 1.69 bits per heavy atom. The van der Waals surface area contributed by atoms with E-state index in [4.69, 9.17) is 0 Å². The van der Waals surface area contributed by atoms with Gasteiger partial charge >= 0.3 is 0 Å². The molecule has 2 aromatic carbocycles. The average Bonchev–Trinajstić information content (AvgIpc) is 2.66. The fourth-order valence-electron chi connectivity index (χ4n) is 2.35. The number of halogens is 2. The van der Waals surface area contributed by atoms with E-state index < -0.39 is 23.2 Å². The van der Waals surface area contributed by atoms with Gasteiger partial charge in [-0.1, -0.05) is 36.4 Å². The topological polar surface area (TPSA) is 66.9 Å². The van der Waals surface area contributed by atoms with Gasteiger partial charge in [0.05, 0.1) is 0 Å². The molecular weight excluding hydrogens is 338 g/mol. The first-order valence-corrected chi connectivity index (χ1v) is 7.98. The Bertz CT molecular complexity index is 883. The average molecular weight is 354 g/mol. The normalized spacial score (nSPS) is 10.4. The van der Waals surface area contributed by atoms with Gasteiger partial charge in [0.1, 0.15) is 35.2 Å². The minimum atomic E-state index is -0.853. The van der Waals surface area contributed by atoms with Crippen LogP contribution in [0.1, 0.15) is 16.1 Å². The molecule has 2 N–H and O–H groups in total. The van der Waals surface area contributed by atoms with Gasteiger partial charge in [0.25, 0.3) is 5.91 Å². The molecule has 0 atom stereocenters. The monoisotopic (exact) mass is 354 g/mol. The number of hydrogen-bond acceptors (Lipinski definition) is 4. The molecule has 7 heteroatoms. The Labute approximate surface area is 149 Å². The lowest BCUT2D eigenvalue weighted by Gasteiger charge is -2.09. The molecule has 26 heavy (non-hydrogen) atoms. The maximum absolute atomic E-state index is 13.6. The number of para-hydroxylation sites is 1. The summed E-state index contributed by atoms with van der Waals surface area (Å²) < 4.78 is 27.3. The summed E-state index contributed by atoms with van der Waals surface area (Å²) in [5.74, 6) is -1.97. The molecule has 0 radical (unpaired) electrons. The second-order valence-electron chi connectivity index (χ2n) is 5.50. The Balaban J connectivity index is 1.64. The molecule has 0 fully saturated rings. The van der Waals surface area contributed by atoms with E-state index in [0.717, 1.165) is 18.6 Å². The number of amides is 1.